The summed E-state index contributed by atoms with van der Waals surface area (Å²) in [7, 11) is 1.91. The summed E-state index contributed by atoms with van der Waals surface area (Å²) >= 11 is 0. The number of nitrogens with zero attached hydrogens (tertiary/aromatic N) is 1. The lowest BCUT2D eigenvalue weighted by Crippen LogP contribution is -2.39. The zero-order valence-corrected chi connectivity index (χ0v) is 24.3. The highest BCUT2D eigenvalue weighted by molar-refractivity contribution is 5.76. The van der Waals surface area contributed by atoms with Gasteiger partial charge in [0.25, 0.3) is 0 Å². The Kier molecular flexibility index (Phi) is 11.7. The van der Waals surface area contributed by atoms with Crippen molar-refractivity contribution in [1.82, 2.24) is 10.2 Å². The van der Waals surface area contributed by atoms with Gasteiger partial charge >= 0.3 is 5.97 Å². The number of hydrogen-bond acceptors (Lipinski definition) is 8. The third-order valence-corrected chi connectivity index (χ3v) is 7.41. The van der Waals surface area contributed by atoms with Gasteiger partial charge in [0.05, 0.1) is 24.9 Å². The summed E-state index contributed by atoms with van der Waals surface area (Å²) in [5.74, 6) is -1.01. The highest BCUT2D eigenvalue weighted by Gasteiger charge is 2.33. The summed E-state index contributed by atoms with van der Waals surface area (Å²) in [4.78, 5) is 24.7. The number of benzene rings is 3. The van der Waals surface area contributed by atoms with Crippen molar-refractivity contribution in [1.29, 1.82) is 0 Å². The van der Waals surface area contributed by atoms with Crippen LogP contribution in [0.15, 0.2) is 72.8 Å². The quantitative estimate of drug-likeness (QED) is 0.188. The molecule has 0 aliphatic carbocycles. The Balaban J connectivity index is 1.41. The van der Waals surface area contributed by atoms with Crippen molar-refractivity contribution in [2.75, 3.05) is 20.1 Å². The second-order valence-electron chi connectivity index (χ2n) is 10.9. The molecule has 1 amide bonds. The number of amides is 1. The average molecular weight is 593 g/mol. The number of aliphatic carboxylic acids is 1. The van der Waals surface area contributed by atoms with E-state index in [4.69, 9.17) is 14.6 Å². The number of aliphatic hydroxyl groups is 2. The van der Waals surface area contributed by atoms with Crippen LogP contribution in [0.3, 0.4) is 0 Å². The van der Waals surface area contributed by atoms with Crippen LogP contribution >= 0.6 is 0 Å². The van der Waals surface area contributed by atoms with Crippen molar-refractivity contribution in [3.8, 4) is 5.75 Å². The van der Waals surface area contributed by atoms with E-state index < -0.39 is 18.4 Å². The first kappa shape index (κ1) is 32.1. The Morgan fingerprint density at radius 1 is 0.977 bits per heavy atom. The van der Waals surface area contributed by atoms with Gasteiger partial charge in [-0.15, -0.1) is 0 Å². The summed E-state index contributed by atoms with van der Waals surface area (Å²) < 4.78 is 12.8. The number of hydrogen-bond donors (Lipinski definition) is 5. The second kappa shape index (κ2) is 15.6. The molecule has 5 N–H and O–H groups in total. The molecule has 1 aliphatic heterocycles. The van der Waals surface area contributed by atoms with Crippen molar-refractivity contribution in [2.45, 2.75) is 63.4 Å². The molecule has 1 fully saturated rings. The SMILES string of the molecule is CN(C[C@@H]1C[C@H](c2ccc(CO)cc2)O[C@H](c2ccc(CNC(=O)CCCC(=O)O)cc2)O1)C[C@@H](O)c1cccc(O)c1. The average Bonchev–Trinajstić information content (AvgIpc) is 3.00. The van der Waals surface area contributed by atoms with Gasteiger partial charge in [-0.05, 0) is 47.9 Å². The predicted octanol–water partition coefficient (Wildman–Crippen LogP) is 3.97. The van der Waals surface area contributed by atoms with Crippen LogP contribution in [0.2, 0.25) is 0 Å². The van der Waals surface area contributed by atoms with E-state index in [0.29, 0.717) is 38.0 Å². The molecule has 4 atom stereocenters. The lowest BCUT2D eigenvalue weighted by atomic mass is 9.99. The molecule has 43 heavy (non-hydrogen) atoms. The Bertz CT molecular complexity index is 1330. The summed E-state index contributed by atoms with van der Waals surface area (Å²) in [6.45, 7) is 1.17. The van der Waals surface area contributed by atoms with Crippen molar-refractivity contribution < 1.29 is 39.5 Å². The monoisotopic (exact) mass is 592 g/mol. The lowest BCUT2D eigenvalue weighted by Gasteiger charge is -2.38. The molecule has 10 nitrogen and oxygen atoms in total. The highest BCUT2D eigenvalue weighted by Crippen LogP contribution is 2.38. The number of likely N-dealkylation sites (N-methyl/N-ethyl adjacent to an activating group) is 1. The largest absolute Gasteiger partial charge is 0.508 e. The third kappa shape index (κ3) is 9.87. The van der Waals surface area contributed by atoms with Crippen LogP contribution in [-0.2, 0) is 32.2 Å². The molecule has 3 aromatic rings. The molecule has 0 spiro atoms. The molecular formula is C33H40N2O8. The fourth-order valence-electron chi connectivity index (χ4n) is 5.07. The fraction of sp³-hybridized carbons (Fsp3) is 0.394. The lowest BCUT2D eigenvalue weighted by molar-refractivity contribution is -0.252. The zero-order valence-electron chi connectivity index (χ0n) is 24.3. The summed E-state index contributed by atoms with van der Waals surface area (Å²) in [6, 6.07) is 21.9. The van der Waals surface area contributed by atoms with E-state index in [-0.39, 0.29) is 43.3 Å². The van der Waals surface area contributed by atoms with Crippen molar-refractivity contribution >= 4 is 11.9 Å². The first-order chi connectivity index (χ1) is 20.7. The topological polar surface area (TPSA) is 149 Å². The molecule has 3 aromatic carbocycles. The van der Waals surface area contributed by atoms with Gasteiger partial charge in [-0.3, -0.25) is 9.59 Å². The maximum absolute atomic E-state index is 12.0. The van der Waals surface area contributed by atoms with E-state index in [1.807, 2.05) is 60.5 Å². The normalized spacial score (nSPS) is 19.2. The molecule has 1 heterocycles. The van der Waals surface area contributed by atoms with Crippen LogP contribution in [0.4, 0.5) is 0 Å². The van der Waals surface area contributed by atoms with Gasteiger partial charge < -0.3 is 40.1 Å². The Labute approximate surface area is 251 Å². The Morgan fingerprint density at radius 2 is 1.67 bits per heavy atom. The number of carboxylic acid groups (broad SMARTS) is 1. The molecule has 0 radical (unpaired) electrons. The first-order valence-corrected chi connectivity index (χ1v) is 14.4. The molecule has 1 saturated heterocycles. The maximum Gasteiger partial charge on any atom is 0.303 e. The summed E-state index contributed by atoms with van der Waals surface area (Å²) in [6.07, 6.45) is -0.886. The Morgan fingerprint density at radius 3 is 2.35 bits per heavy atom. The molecule has 0 aromatic heterocycles. The van der Waals surface area contributed by atoms with Crippen LogP contribution in [0, 0.1) is 0 Å². The van der Waals surface area contributed by atoms with Crippen molar-refractivity contribution in [2.24, 2.45) is 0 Å². The van der Waals surface area contributed by atoms with Gasteiger partial charge in [-0.1, -0.05) is 60.7 Å². The van der Waals surface area contributed by atoms with E-state index in [9.17, 15) is 24.9 Å². The molecule has 0 unspecified atom stereocenters. The molecule has 4 rings (SSSR count). The zero-order chi connectivity index (χ0) is 30.8. The molecule has 1 aliphatic rings. The van der Waals surface area contributed by atoms with Gasteiger partial charge in [-0.25, -0.2) is 0 Å². The van der Waals surface area contributed by atoms with Crippen LogP contribution in [0.5, 0.6) is 5.75 Å². The van der Waals surface area contributed by atoms with Crippen LogP contribution in [0.1, 0.15) is 72.0 Å². The predicted molar refractivity (Wildman–Crippen MR) is 159 cm³/mol. The van der Waals surface area contributed by atoms with E-state index in [2.05, 4.69) is 5.32 Å². The highest BCUT2D eigenvalue weighted by atomic mass is 16.7. The molecule has 230 valence electrons. The third-order valence-electron chi connectivity index (χ3n) is 7.41. The van der Waals surface area contributed by atoms with E-state index in [0.717, 1.165) is 22.3 Å². The van der Waals surface area contributed by atoms with Gasteiger partial charge in [0.2, 0.25) is 5.91 Å². The number of carbonyl (C=O) groups excluding carboxylic acids is 1. The minimum absolute atomic E-state index is 0.0367. The summed E-state index contributed by atoms with van der Waals surface area (Å²) in [5, 5.41) is 41.5. The molecule has 0 bridgehead atoms. The molecule has 10 heteroatoms. The number of nitrogens with one attached hydrogen (secondary N) is 1. The Hall–Kier alpha value is -3.80. The van der Waals surface area contributed by atoms with Crippen LogP contribution in [0.25, 0.3) is 0 Å². The van der Waals surface area contributed by atoms with Gasteiger partial charge in [0.15, 0.2) is 6.29 Å². The van der Waals surface area contributed by atoms with Gasteiger partial charge in [0.1, 0.15) is 5.75 Å². The summed E-state index contributed by atoms with van der Waals surface area (Å²) in [5.41, 5.74) is 4.13. The minimum atomic E-state index is -0.917. The fourth-order valence-corrected chi connectivity index (χ4v) is 5.07. The number of aromatic hydroxyl groups is 1. The second-order valence-corrected chi connectivity index (χ2v) is 10.9. The van der Waals surface area contributed by atoms with Crippen LogP contribution in [-0.4, -0.2) is 63.4 Å². The number of phenolic OH excluding ortho intramolecular Hbond substituents is 1. The number of carbonyl (C=O) groups is 2. The number of rotatable bonds is 14. The number of phenols is 1. The van der Waals surface area contributed by atoms with Crippen LogP contribution < -0.4 is 5.32 Å². The van der Waals surface area contributed by atoms with Gasteiger partial charge in [-0.2, -0.15) is 0 Å². The van der Waals surface area contributed by atoms with E-state index in [1.54, 1.807) is 24.3 Å². The van der Waals surface area contributed by atoms with E-state index in [1.165, 1.54) is 0 Å². The van der Waals surface area contributed by atoms with E-state index >= 15 is 0 Å². The van der Waals surface area contributed by atoms with Crippen molar-refractivity contribution in [3.05, 3.63) is 101 Å². The smallest absolute Gasteiger partial charge is 0.303 e. The number of carboxylic acids is 1. The minimum Gasteiger partial charge on any atom is -0.508 e. The maximum atomic E-state index is 12.0. The number of ether oxygens (including phenoxy) is 2. The van der Waals surface area contributed by atoms with Crippen molar-refractivity contribution in [3.63, 3.8) is 0 Å². The van der Waals surface area contributed by atoms with Gasteiger partial charge in [0, 0.05) is 44.5 Å². The standard InChI is InChI=1S/C33H40N2O8/c1-35(20-29(38)26-4-2-5-27(37)16-26)19-28-17-30(24-12-10-23(21-36)11-13-24)43-33(42-28)25-14-8-22(9-15-25)18-34-31(39)6-3-7-32(40)41/h2,4-5,8-16,28-30,33,36-38H,3,6-7,17-21H2,1H3,(H,34,39)(H,40,41)/t28-,29+,30+,33+/m0/s1. The molecule has 0 saturated carbocycles. The molecular weight excluding hydrogens is 552 g/mol. The number of aliphatic hydroxyl groups excluding tert-OH is 2. The first-order valence-electron chi connectivity index (χ1n) is 14.4.